The number of nitrogens with zero attached hydrogens (tertiary/aromatic N) is 5. The van der Waals surface area contributed by atoms with Crippen LogP contribution in [0.15, 0.2) is 59.4 Å². The largest absolute Gasteiger partial charge is 0.365 e. The molecule has 27 heavy (non-hydrogen) atoms. The Bertz CT molecular complexity index is 1080. The first-order valence-electron chi connectivity index (χ1n) is 8.44. The van der Waals surface area contributed by atoms with Crippen molar-refractivity contribution < 1.29 is 9.26 Å². The fourth-order valence-corrected chi connectivity index (χ4v) is 3.17. The molecule has 1 aliphatic heterocycles. The highest BCUT2D eigenvalue weighted by molar-refractivity contribution is 6.30. The predicted molar refractivity (Wildman–Crippen MR) is 97.7 cm³/mol. The van der Waals surface area contributed by atoms with Crippen molar-refractivity contribution in [2.75, 3.05) is 0 Å². The molecule has 5 rings (SSSR count). The van der Waals surface area contributed by atoms with Gasteiger partial charge in [-0.05, 0) is 35.9 Å². The molecule has 0 N–H and O–H groups in total. The third-order valence-corrected chi connectivity index (χ3v) is 4.69. The minimum absolute atomic E-state index is 0.0730. The molecular formula is C19H14ClN5O2. The Morgan fingerprint density at radius 3 is 2.85 bits per heavy atom. The molecule has 7 nitrogen and oxygen atoms in total. The van der Waals surface area contributed by atoms with Crippen LogP contribution in [0.3, 0.4) is 0 Å². The summed E-state index contributed by atoms with van der Waals surface area (Å²) in [5.74, 6) is 0.859. The van der Waals surface area contributed by atoms with Crippen LogP contribution in [0.4, 0.5) is 0 Å². The van der Waals surface area contributed by atoms with Gasteiger partial charge in [-0.1, -0.05) is 28.9 Å². The second-order valence-electron chi connectivity index (χ2n) is 6.22. The van der Waals surface area contributed by atoms with Crippen LogP contribution in [0.25, 0.3) is 23.0 Å². The second kappa shape index (κ2) is 6.61. The molecule has 1 aliphatic rings. The van der Waals surface area contributed by atoms with Gasteiger partial charge in [-0.2, -0.15) is 10.1 Å². The highest BCUT2D eigenvalue weighted by Gasteiger charge is 2.24. The molecule has 8 heteroatoms. The Kier molecular flexibility index (Phi) is 3.95. The molecule has 0 bridgehead atoms. The lowest BCUT2D eigenvalue weighted by Gasteiger charge is -2.24. The van der Waals surface area contributed by atoms with Crippen molar-refractivity contribution in [3.8, 4) is 23.0 Å². The Labute approximate surface area is 159 Å². The van der Waals surface area contributed by atoms with Crippen molar-refractivity contribution in [3.05, 3.63) is 71.1 Å². The number of hydrogen-bond donors (Lipinski definition) is 0. The van der Waals surface area contributed by atoms with Gasteiger partial charge in [0, 0.05) is 23.0 Å². The number of hydrogen-bond acceptors (Lipinski definition) is 6. The normalized spacial score (nSPS) is 16.3. The van der Waals surface area contributed by atoms with E-state index in [9.17, 15) is 0 Å². The Morgan fingerprint density at radius 2 is 2.04 bits per heavy atom. The summed E-state index contributed by atoms with van der Waals surface area (Å²) in [6.07, 6.45) is 3.32. The Balaban J connectivity index is 1.40. The quantitative estimate of drug-likeness (QED) is 0.536. The summed E-state index contributed by atoms with van der Waals surface area (Å²) >= 11 is 5.96. The maximum absolute atomic E-state index is 5.98. The smallest absolute Gasteiger partial charge is 0.278 e. The topological polar surface area (TPSA) is 78.9 Å². The van der Waals surface area contributed by atoms with Crippen molar-refractivity contribution in [2.24, 2.45) is 0 Å². The highest BCUT2D eigenvalue weighted by Crippen LogP contribution is 2.29. The van der Waals surface area contributed by atoms with E-state index in [1.807, 2.05) is 47.1 Å². The van der Waals surface area contributed by atoms with Crippen LogP contribution >= 0.6 is 11.6 Å². The van der Waals surface area contributed by atoms with Crippen molar-refractivity contribution in [1.29, 1.82) is 0 Å². The summed E-state index contributed by atoms with van der Waals surface area (Å²) in [5.41, 5.74) is 3.46. The number of ether oxygens (including phenoxy) is 1. The molecule has 1 aromatic carbocycles. The van der Waals surface area contributed by atoms with Gasteiger partial charge in [0.2, 0.25) is 5.82 Å². The number of halogens is 1. The summed E-state index contributed by atoms with van der Waals surface area (Å²) in [7, 11) is 0. The molecule has 1 atom stereocenters. The van der Waals surface area contributed by atoms with Gasteiger partial charge in [0.25, 0.3) is 5.89 Å². The van der Waals surface area contributed by atoms with Gasteiger partial charge in [-0.15, -0.1) is 0 Å². The monoisotopic (exact) mass is 379 g/mol. The Morgan fingerprint density at radius 1 is 1.15 bits per heavy atom. The van der Waals surface area contributed by atoms with E-state index >= 15 is 0 Å². The maximum Gasteiger partial charge on any atom is 0.278 e. The summed E-state index contributed by atoms with van der Waals surface area (Å²) in [6.45, 7) is 1.07. The van der Waals surface area contributed by atoms with Crippen LogP contribution < -0.4 is 0 Å². The molecule has 0 saturated carbocycles. The summed E-state index contributed by atoms with van der Waals surface area (Å²) in [6, 6.07) is 13.3. The first kappa shape index (κ1) is 16.2. The predicted octanol–water partition coefficient (Wildman–Crippen LogP) is 3.92. The van der Waals surface area contributed by atoms with E-state index in [2.05, 4.69) is 20.2 Å². The average molecular weight is 380 g/mol. The van der Waals surface area contributed by atoms with E-state index in [4.69, 9.17) is 20.9 Å². The van der Waals surface area contributed by atoms with Crippen LogP contribution in [-0.2, 0) is 17.9 Å². The van der Waals surface area contributed by atoms with E-state index in [1.165, 1.54) is 0 Å². The van der Waals surface area contributed by atoms with Crippen molar-refractivity contribution in [3.63, 3.8) is 0 Å². The molecule has 0 amide bonds. The number of aromatic nitrogens is 5. The molecule has 134 valence electrons. The van der Waals surface area contributed by atoms with Crippen LogP contribution in [0.2, 0.25) is 5.02 Å². The van der Waals surface area contributed by atoms with Crippen LogP contribution in [0, 0.1) is 0 Å². The van der Waals surface area contributed by atoms with Gasteiger partial charge in [0.05, 0.1) is 18.8 Å². The first-order valence-corrected chi connectivity index (χ1v) is 8.82. The molecular weight excluding hydrogens is 366 g/mol. The van der Waals surface area contributed by atoms with E-state index in [1.54, 1.807) is 12.4 Å². The summed E-state index contributed by atoms with van der Waals surface area (Å²) < 4.78 is 13.3. The maximum atomic E-state index is 5.98. The number of benzene rings is 1. The van der Waals surface area contributed by atoms with Crippen LogP contribution in [0.1, 0.15) is 17.4 Å². The van der Waals surface area contributed by atoms with Crippen molar-refractivity contribution in [2.45, 2.75) is 19.3 Å². The number of fused-ring (bicyclic) bond motifs is 1. The Hall–Kier alpha value is -3.03. The fraction of sp³-hybridized carbons (Fsp3) is 0.158. The third kappa shape index (κ3) is 3.11. The lowest BCUT2D eigenvalue weighted by molar-refractivity contribution is -0.00112. The highest BCUT2D eigenvalue weighted by atomic mass is 35.5. The lowest BCUT2D eigenvalue weighted by Crippen LogP contribution is -2.21. The van der Waals surface area contributed by atoms with E-state index in [0.717, 1.165) is 16.8 Å². The standard InChI is InChI=1S/C19H14ClN5O2/c20-14-5-3-12(4-6-14)17-10-25-15(11-26-17)8-16(23-25)19-22-18(24-27-19)13-2-1-7-21-9-13/h1-9,17H,10-11H2/t17-/m0/s1. The first-order chi connectivity index (χ1) is 13.3. The molecule has 4 heterocycles. The molecule has 0 unspecified atom stereocenters. The van der Waals surface area contributed by atoms with Gasteiger partial charge in [-0.3, -0.25) is 9.67 Å². The van der Waals surface area contributed by atoms with Gasteiger partial charge in [0.1, 0.15) is 6.10 Å². The van der Waals surface area contributed by atoms with Gasteiger partial charge < -0.3 is 9.26 Å². The molecule has 0 radical (unpaired) electrons. The van der Waals surface area contributed by atoms with Gasteiger partial charge in [-0.25, -0.2) is 0 Å². The van der Waals surface area contributed by atoms with E-state index in [0.29, 0.717) is 35.6 Å². The van der Waals surface area contributed by atoms with Crippen molar-refractivity contribution in [1.82, 2.24) is 24.9 Å². The van der Waals surface area contributed by atoms with Gasteiger partial charge >= 0.3 is 0 Å². The fourth-order valence-electron chi connectivity index (χ4n) is 3.05. The molecule has 0 saturated heterocycles. The zero-order valence-corrected chi connectivity index (χ0v) is 14.9. The molecule has 0 aliphatic carbocycles. The van der Waals surface area contributed by atoms with Crippen LogP contribution in [-0.4, -0.2) is 24.9 Å². The zero-order chi connectivity index (χ0) is 18.2. The van der Waals surface area contributed by atoms with Crippen molar-refractivity contribution >= 4 is 11.6 Å². The molecule has 4 aromatic rings. The SMILES string of the molecule is Clc1ccc([C@@H]2Cn3nc(-c4nc(-c5cccnc5)no4)cc3CO2)cc1. The van der Waals surface area contributed by atoms with Gasteiger partial charge in [0.15, 0.2) is 5.69 Å². The average Bonchev–Trinajstić information content (AvgIpc) is 3.36. The zero-order valence-electron chi connectivity index (χ0n) is 14.1. The summed E-state index contributed by atoms with van der Waals surface area (Å²) in [4.78, 5) is 8.50. The molecule has 3 aromatic heterocycles. The minimum Gasteiger partial charge on any atom is -0.365 e. The van der Waals surface area contributed by atoms with Crippen LogP contribution in [0.5, 0.6) is 0 Å². The third-order valence-electron chi connectivity index (χ3n) is 4.44. The van der Waals surface area contributed by atoms with E-state index < -0.39 is 0 Å². The number of rotatable bonds is 3. The molecule has 0 fully saturated rings. The lowest BCUT2D eigenvalue weighted by atomic mass is 10.1. The molecule has 0 spiro atoms. The van der Waals surface area contributed by atoms with E-state index in [-0.39, 0.29) is 6.10 Å². The second-order valence-corrected chi connectivity index (χ2v) is 6.66. The number of pyridine rings is 1. The summed E-state index contributed by atoms with van der Waals surface area (Å²) in [5, 5.41) is 9.35. The minimum atomic E-state index is -0.0730.